The molecule has 0 bridgehead atoms. The number of fused-ring (bicyclic) bond motifs is 1. The van der Waals surface area contributed by atoms with Crippen LogP contribution in [0.3, 0.4) is 0 Å². The second kappa shape index (κ2) is 7.03. The molecule has 0 spiro atoms. The minimum Gasteiger partial charge on any atom is -0.356 e. The lowest BCUT2D eigenvalue weighted by Crippen LogP contribution is -2.48. The number of benzene rings is 1. The summed E-state index contributed by atoms with van der Waals surface area (Å²) in [5.41, 5.74) is 2.70. The number of piperazine rings is 1. The Morgan fingerprint density at radius 3 is 2.60 bits per heavy atom. The lowest BCUT2D eigenvalue weighted by molar-refractivity contribution is -0.132. The highest BCUT2D eigenvalue weighted by molar-refractivity contribution is 5.86. The van der Waals surface area contributed by atoms with Gasteiger partial charge in [-0.1, -0.05) is 17.3 Å². The van der Waals surface area contributed by atoms with Gasteiger partial charge in [0.05, 0.1) is 6.42 Å². The van der Waals surface area contributed by atoms with Gasteiger partial charge in [-0.25, -0.2) is 0 Å². The van der Waals surface area contributed by atoms with E-state index in [1.807, 2.05) is 53.7 Å². The summed E-state index contributed by atoms with van der Waals surface area (Å²) in [7, 11) is 0. The first-order valence-corrected chi connectivity index (χ1v) is 8.52. The standard InChI is InChI=1S/C19H20N4O2/c24-19(13-17-16-3-1-2-4-18(16)25-21-17)23-11-9-22(10-12-23)14-15-5-7-20-8-6-15/h1-8H,9-14H2. The summed E-state index contributed by atoms with van der Waals surface area (Å²) < 4.78 is 5.29. The number of hydrogen-bond donors (Lipinski definition) is 0. The molecule has 3 aromatic rings. The Bertz CT molecular complexity index is 854. The number of pyridine rings is 1. The molecule has 25 heavy (non-hydrogen) atoms. The summed E-state index contributed by atoms with van der Waals surface area (Å²) in [6, 6.07) is 11.7. The zero-order chi connectivity index (χ0) is 17.1. The van der Waals surface area contributed by atoms with Crippen LogP contribution in [0.15, 0.2) is 53.3 Å². The molecule has 0 aliphatic carbocycles. The van der Waals surface area contributed by atoms with E-state index < -0.39 is 0 Å². The third kappa shape index (κ3) is 3.53. The molecule has 1 aliphatic heterocycles. The van der Waals surface area contributed by atoms with Crippen molar-refractivity contribution in [3.8, 4) is 0 Å². The maximum absolute atomic E-state index is 12.6. The molecule has 0 unspecified atom stereocenters. The minimum absolute atomic E-state index is 0.114. The molecule has 1 aliphatic rings. The van der Waals surface area contributed by atoms with Crippen LogP contribution in [-0.4, -0.2) is 52.0 Å². The Morgan fingerprint density at radius 1 is 1.04 bits per heavy atom. The molecule has 4 rings (SSSR count). The number of nitrogens with zero attached hydrogens (tertiary/aromatic N) is 4. The third-order valence-corrected chi connectivity index (χ3v) is 4.65. The van der Waals surface area contributed by atoms with Crippen LogP contribution in [0.25, 0.3) is 11.0 Å². The molecule has 1 fully saturated rings. The highest BCUT2D eigenvalue weighted by atomic mass is 16.5. The molecule has 0 atom stereocenters. The van der Waals surface area contributed by atoms with Crippen LogP contribution >= 0.6 is 0 Å². The Hall–Kier alpha value is -2.73. The van der Waals surface area contributed by atoms with Crippen molar-refractivity contribution in [1.82, 2.24) is 19.9 Å². The van der Waals surface area contributed by atoms with Crippen LogP contribution < -0.4 is 0 Å². The van der Waals surface area contributed by atoms with E-state index in [0.29, 0.717) is 6.42 Å². The number of hydrogen-bond acceptors (Lipinski definition) is 5. The van der Waals surface area contributed by atoms with Gasteiger partial charge in [0.1, 0.15) is 5.69 Å². The van der Waals surface area contributed by atoms with Crippen molar-refractivity contribution in [3.63, 3.8) is 0 Å². The molecule has 128 valence electrons. The number of rotatable bonds is 4. The fraction of sp³-hybridized carbons (Fsp3) is 0.316. The van der Waals surface area contributed by atoms with Crippen molar-refractivity contribution in [3.05, 3.63) is 60.0 Å². The van der Waals surface area contributed by atoms with Crippen molar-refractivity contribution in [2.45, 2.75) is 13.0 Å². The van der Waals surface area contributed by atoms with E-state index in [-0.39, 0.29) is 5.91 Å². The van der Waals surface area contributed by atoms with Gasteiger partial charge in [0.25, 0.3) is 0 Å². The quantitative estimate of drug-likeness (QED) is 0.730. The fourth-order valence-electron chi connectivity index (χ4n) is 3.22. The highest BCUT2D eigenvalue weighted by Gasteiger charge is 2.22. The Balaban J connectivity index is 1.33. The summed E-state index contributed by atoms with van der Waals surface area (Å²) in [6.45, 7) is 4.17. The maximum Gasteiger partial charge on any atom is 0.228 e. The topological polar surface area (TPSA) is 62.5 Å². The summed E-state index contributed by atoms with van der Waals surface area (Å²) in [5.74, 6) is 0.114. The van der Waals surface area contributed by atoms with Crippen molar-refractivity contribution < 1.29 is 9.32 Å². The Kier molecular flexibility index (Phi) is 4.43. The van der Waals surface area contributed by atoms with Crippen molar-refractivity contribution >= 4 is 16.9 Å². The number of aromatic nitrogens is 2. The lowest BCUT2D eigenvalue weighted by Gasteiger charge is -2.34. The highest BCUT2D eigenvalue weighted by Crippen LogP contribution is 2.19. The normalized spacial score (nSPS) is 15.6. The van der Waals surface area contributed by atoms with E-state index in [2.05, 4.69) is 15.0 Å². The number of carbonyl (C=O) groups excluding carboxylic acids is 1. The lowest BCUT2D eigenvalue weighted by atomic mass is 10.1. The molecule has 6 nitrogen and oxygen atoms in total. The van der Waals surface area contributed by atoms with Crippen LogP contribution in [0.2, 0.25) is 0 Å². The molecule has 1 aromatic carbocycles. The zero-order valence-electron chi connectivity index (χ0n) is 14.0. The van der Waals surface area contributed by atoms with E-state index in [1.165, 1.54) is 5.56 Å². The van der Waals surface area contributed by atoms with Gasteiger partial charge in [-0.2, -0.15) is 0 Å². The number of para-hydroxylation sites is 1. The smallest absolute Gasteiger partial charge is 0.228 e. The average molecular weight is 336 g/mol. The van der Waals surface area contributed by atoms with Crippen molar-refractivity contribution in [2.24, 2.45) is 0 Å². The summed E-state index contributed by atoms with van der Waals surface area (Å²) in [4.78, 5) is 20.9. The average Bonchev–Trinajstić information content (AvgIpc) is 3.06. The van der Waals surface area contributed by atoms with Gasteiger partial charge >= 0.3 is 0 Å². The zero-order valence-corrected chi connectivity index (χ0v) is 14.0. The summed E-state index contributed by atoms with van der Waals surface area (Å²) >= 11 is 0. The largest absolute Gasteiger partial charge is 0.356 e. The summed E-state index contributed by atoms with van der Waals surface area (Å²) in [6.07, 6.45) is 3.93. The van der Waals surface area contributed by atoms with Crippen LogP contribution in [0.5, 0.6) is 0 Å². The molecule has 1 saturated heterocycles. The third-order valence-electron chi connectivity index (χ3n) is 4.65. The van der Waals surface area contributed by atoms with Gasteiger partial charge in [-0.3, -0.25) is 14.7 Å². The van der Waals surface area contributed by atoms with Crippen LogP contribution in [0, 0.1) is 0 Å². The minimum atomic E-state index is 0.114. The monoisotopic (exact) mass is 336 g/mol. The van der Waals surface area contributed by atoms with E-state index in [1.54, 1.807) is 0 Å². The molecule has 0 N–H and O–H groups in total. The predicted octanol–water partition coefficient (Wildman–Crippen LogP) is 2.11. The molecule has 0 saturated carbocycles. The van der Waals surface area contributed by atoms with E-state index in [4.69, 9.17) is 4.52 Å². The van der Waals surface area contributed by atoms with Crippen LogP contribution in [-0.2, 0) is 17.8 Å². The Labute approximate surface area is 146 Å². The van der Waals surface area contributed by atoms with Gasteiger partial charge in [0.15, 0.2) is 5.58 Å². The van der Waals surface area contributed by atoms with E-state index >= 15 is 0 Å². The molecular formula is C19H20N4O2. The van der Waals surface area contributed by atoms with Crippen molar-refractivity contribution in [1.29, 1.82) is 0 Å². The molecule has 3 heterocycles. The van der Waals surface area contributed by atoms with Gasteiger partial charge in [0.2, 0.25) is 5.91 Å². The van der Waals surface area contributed by atoms with Crippen LogP contribution in [0.4, 0.5) is 0 Å². The second-order valence-electron chi connectivity index (χ2n) is 6.31. The first-order valence-electron chi connectivity index (χ1n) is 8.52. The van der Waals surface area contributed by atoms with E-state index in [9.17, 15) is 4.79 Å². The molecule has 0 radical (unpaired) electrons. The van der Waals surface area contributed by atoms with E-state index in [0.717, 1.165) is 49.4 Å². The second-order valence-corrected chi connectivity index (χ2v) is 6.31. The molecular weight excluding hydrogens is 316 g/mol. The number of amides is 1. The molecule has 2 aromatic heterocycles. The van der Waals surface area contributed by atoms with Gasteiger partial charge in [-0.15, -0.1) is 0 Å². The summed E-state index contributed by atoms with van der Waals surface area (Å²) in [5, 5.41) is 4.99. The number of carbonyl (C=O) groups is 1. The maximum atomic E-state index is 12.6. The first-order chi connectivity index (χ1) is 12.3. The molecule has 1 amide bonds. The van der Waals surface area contributed by atoms with Gasteiger partial charge < -0.3 is 9.42 Å². The van der Waals surface area contributed by atoms with Crippen molar-refractivity contribution in [2.75, 3.05) is 26.2 Å². The fourth-order valence-corrected chi connectivity index (χ4v) is 3.22. The first kappa shape index (κ1) is 15.8. The molecule has 6 heteroatoms. The van der Waals surface area contributed by atoms with Gasteiger partial charge in [-0.05, 0) is 29.8 Å². The van der Waals surface area contributed by atoms with Gasteiger partial charge in [0, 0.05) is 50.5 Å². The SMILES string of the molecule is O=C(Cc1noc2ccccc12)N1CCN(Cc2ccncc2)CC1. The Morgan fingerprint density at radius 2 is 1.80 bits per heavy atom. The predicted molar refractivity (Wildman–Crippen MR) is 93.8 cm³/mol. The van der Waals surface area contributed by atoms with Crippen LogP contribution in [0.1, 0.15) is 11.3 Å².